The summed E-state index contributed by atoms with van der Waals surface area (Å²) >= 11 is 0. The Morgan fingerprint density at radius 2 is 0.493 bits per heavy atom. The standard InChI is InChI=1S/C60H116O9/c1-4-7-10-13-16-19-22-25-28-31-34-37-40-43-46-49-56(63)67-52-54(61)59(66)60(69-58(65)51-48-45-42-39-36-33-30-27-24-21-18-15-12-9-6-3)55(62)53-68-57(64)50-47-44-41-38-35-32-29-26-23-20-17-14-11-8-5-2/h54-55,59-62,66H,4-53H2,1-3H3. The summed E-state index contributed by atoms with van der Waals surface area (Å²) in [6, 6.07) is 0. The number of esters is 3. The number of unbranched alkanes of at least 4 members (excludes halogenated alkanes) is 42. The van der Waals surface area contributed by atoms with Crippen molar-refractivity contribution in [2.45, 2.75) is 353 Å². The van der Waals surface area contributed by atoms with E-state index in [1.54, 1.807) is 0 Å². The van der Waals surface area contributed by atoms with Crippen LogP contribution in [0, 0.1) is 0 Å². The van der Waals surface area contributed by atoms with Crippen molar-refractivity contribution in [1.29, 1.82) is 0 Å². The molecule has 0 heterocycles. The van der Waals surface area contributed by atoms with Crippen LogP contribution in [0.1, 0.15) is 329 Å². The maximum absolute atomic E-state index is 13.0. The number of ether oxygens (including phenoxy) is 3. The van der Waals surface area contributed by atoms with Crippen LogP contribution in [0.2, 0.25) is 0 Å². The van der Waals surface area contributed by atoms with Crippen molar-refractivity contribution in [1.82, 2.24) is 0 Å². The van der Waals surface area contributed by atoms with Gasteiger partial charge in [-0.2, -0.15) is 0 Å². The monoisotopic (exact) mass is 981 g/mol. The highest BCUT2D eigenvalue weighted by Crippen LogP contribution is 2.19. The molecule has 9 nitrogen and oxygen atoms in total. The lowest BCUT2D eigenvalue weighted by molar-refractivity contribution is -0.183. The van der Waals surface area contributed by atoms with E-state index in [0.29, 0.717) is 19.3 Å². The number of hydrogen-bond donors (Lipinski definition) is 3. The summed E-state index contributed by atoms with van der Waals surface area (Å²) < 4.78 is 16.2. The van der Waals surface area contributed by atoms with Crippen LogP contribution in [0.25, 0.3) is 0 Å². The van der Waals surface area contributed by atoms with Crippen molar-refractivity contribution in [2.24, 2.45) is 0 Å². The van der Waals surface area contributed by atoms with E-state index in [9.17, 15) is 29.7 Å². The Kier molecular flexibility index (Phi) is 52.7. The molecule has 3 N–H and O–H groups in total. The van der Waals surface area contributed by atoms with Gasteiger partial charge in [-0.1, -0.05) is 290 Å². The zero-order chi connectivity index (χ0) is 50.5. The van der Waals surface area contributed by atoms with Gasteiger partial charge in [0.15, 0.2) is 6.10 Å². The third-order valence-electron chi connectivity index (χ3n) is 14.2. The maximum Gasteiger partial charge on any atom is 0.306 e. The molecule has 410 valence electrons. The number of aliphatic hydroxyl groups excluding tert-OH is 3. The lowest BCUT2D eigenvalue weighted by Crippen LogP contribution is -2.50. The molecule has 0 radical (unpaired) electrons. The van der Waals surface area contributed by atoms with Gasteiger partial charge in [-0.3, -0.25) is 14.4 Å². The van der Waals surface area contributed by atoms with Crippen LogP contribution in [-0.2, 0) is 28.6 Å². The quantitative estimate of drug-likeness (QED) is 0.0309. The SMILES string of the molecule is CCCCCCCCCCCCCCCCCC(=O)OCC(O)C(O)C(OC(=O)CCCCCCCCCCCCCCCCC)C(O)COC(=O)CCCCCCCCCCCCCCCCC. The molecule has 0 spiro atoms. The zero-order valence-electron chi connectivity index (χ0n) is 46.0. The fraction of sp³-hybridized carbons (Fsp3) is 0.950. The summed E-state index contributed by atoms with van der Waals surface area (Å²) in [6.45, 7) is 5.78. The van der Waals surface area contributed by atoms with E-state index in [1.165, 1.54) is 212 Å². The van der Waals surface area contributed by atoms with Gasteiger partial charge in [0, 0.05) is 19.3 Å². The van der Waals surface area contributed by atoms with Crippen molar-refractivity contribution >= 4 is 17.9 Å². The Morgan fingerprint density at radius 1 is 0.290 bits per heavy atom. The molecule has 0 fully saturated rings. The van der Waals surface area contributed by atoms with Gasteiger partial charge < -0.3 is 29.5 Å². The molecule has 0 aliphatic rings. The van der Waals surface area contributed by atoms with E-state index in [-0.39, 0.29) is 19.3 Å². The molecular formula is C60H116O9. The van der Waals surface area contributed by atoms with Crippen LogP contribution >= 0.6 is 0 Å². The highest BCUT2D eigenvalue weighted by Gasteiger charge is 2.36. The number of carbonyl (C=O) groups is 3. The molecule has 0 saturated carbocycles. The molecular weight excluding hydrogens is 865 g/mol. The second-order valence-electron chi connectivity index (χ2n) is 21.0. The number of aliphatic hydroxyl groups is 3. The molecule has 0 saturated heterocycles. The number of hydrogen-bond acceptors (Lipinski definition) is 9. The van der Waals surface area contributed by atoms with Crippen molar-refractivity contribution in [3.8, 4) is 0 Å². The van der Waals surface area contributed by atoms with E-state index >= 15 is 0 Å². The summed E-state index contributed by atoms with van der Waals surface area (Å²) in [6.07, 6.45) is 49.1. The lowest BCUT2D eigenvalue weighted by atomic mass is 10.0. The Morgan fingerprint density at radius 3 is 0.739 bits per heavy atom. The lowest BCUT2D eigenvalue weighted by Gasteiger charge is -2.30. The van der Waals surface area contributed by atoms with Gasteiger partial charge in [0.1, 0.15) is 31.5 Å². The second kappa shape index (κ2) is 54.1. The number of rotatable bonds is 56. The molecule has 0 aromatic carbocycles. The fourth-order valence-electron chi connectivity index (χ4n) is 9.42. The van der Waals surface area contributed by atoms with Crippen LogP contribution in [0.4, 0.5) is 0 Å². The minimum absolute atomic E-state index is 0.109. The molecule has 0 rings (SSSR count). The highest BCUT2D eigenvalue weighted by molar-refractivity contribution is 5.70. The first-order chi connectivity index (χ1) is 33.8. The molecule has 69 heavy (non-hydrogen) atoms. The van der Waals surface area contributed by atoms with Gasteiger partial charge in [0.05, 0.1) is 0 Å². The predicted molar refractivity (Wildman–Crippen MR) is 288 cm³/mol. The van der Waals surface area contributed by atoms with E-state index in [0.717, 1.165) is 57.8 Å². The van der Waals surface area contributed by atoms with E-state index < -0.39 is 55.5 Å². The third kappa shape index (κ3) is 48.3. The van der Waals surface area contributed by atoms with Crippen LogP contribution in [0.3, 0.4) is 0 Å². The van der Waals surface area contributed by atoms with E-state index in [1.807, 2.05) is 0 Å². The summed E-state index contributed by atoms with van der Waals surface area (Å²) in [5.41, 5.74) is 0. The average Bonchev–Trinajstić information content (AvgIpc) is 3.35. The predicted octanol–water partition coefficient (Wildman–Crippen LogP) is 16.9. The fourth-order valence-corrected chi connectivity index (χ4v) is 9.42. The van der Waals surface area contributed by atoms with Crippen molar-refractivity contribution in [2.75, 3.05) is 13.2 Å². The smallest absolute Gasteiger partial charge is 0.306 e. The summed E-state index contributed by atoms with van der Waals surface area (Å²) in [5, 5.41) is 33.1. The Balaban J connectivity index is 4.61. The Hall–Kier alpha value is -1.71. The molecule has 0 amide bonds. The van der Waals surface area contributed by atoms with Crippen molar-refractivity contribution in [3.05, 3.63) is 0 Å². The van der Waals surface area contributed by atoms with E-state index in [2.05, 4.69) is 20.8 Å². The minimum Gasteiger partial charge on any atom is -0.463 e. The molecule has 4 atom stereocenters. The molecule has 0 aliphatic carbocycles. The summed E-state index contributed by atoms with van der Waals surface area (Å²) in [5.74, 6) is -1.53. The molecule has 4 unspecified atom stereocenters. The average molecular weight is 982 g/mol. The molecule has 0 aliphatic heterocycles. The highest BCUT2D eigenvalue weighted by atomic mass is 16.6. The maximum atomic E-state index is 13.0. The van der Waals surface area contributed by atoms with Gasteiger partial charge >= 0.3 is 17.9 Å². The minimum atomic E-state index is -1.75. The first kappa shape index (κ1) is 67.3. The molecule has 0 aromatic heterocycles. The topological polar surface area (TPSA) is 140 Å². The second-order valence-corrected chi connectivity index (χ2v) is 21.0. The normalized spacial score (nSPS) is 13.3. The van der Waals surface area contributed by atoms with Crippen LogP contribution in [0.15, 0.2) is 0 Å². The first-order valence-electron chi connectivity index (χ1n) is 30.3. The Bertz CT molecular complexity index is 1080. The van der Waals surface area contributed by atoms with Gasteiger partial charge in [0.2, 0.25) is 0 Å². The van der Waals surface area contributed by atoms with Crippen LogP contribution < -0.4 is 0 Å². The molecule has 0 bridgehead atoms. The summed E-state index contributed by atoms with van der Waals surface area (Å²) in [7, 11) is 0. The van der Waals surface area contributed by atoms with Gasteiger partial charge in [-0.05, 0) is 19.3 Å². The van der Waals surface area contributed by atoms with Crippen molar-refractivity contribution < 1.29 is 43.9 Å². The third-order valence-corrected chi connectivity index (χ3v) is 14.2. The molecule has 9 heteroatoms. The van der Waals surface area contributed by atoms with Crippen LogP contribution in [-0.4, -0.2) is 70.9 Å². The molecule has 0 aromatic rings. The van der Waals surface area contributed by atoms with Crippen LogP contribution in [0.5, 0.6) is 0 Å². The largest absolute Gasteiger partial charge is 0.463 e. The summed E-state index contributed by atoms with van der Waals surface area (Å²) in [4.78, 5) is 38.1. The van der Waals surface area contributed by atoms with E-state index in [4.69, 9.17) is 14.2 Å². The first-order valence-corrected chi connectivity index (χ1v) is 30.3. The van der Waals surface area contributed by atoms with Gasteiger partial charge in [-0.25, -0.2) is 0 Å². The zero-order valence-corrected chi connectivity index (χ0v) is 46.0. The van der Waals surface area contributed by atoms with Gasteiger partial charge in [-0.15, -0.1) is 0 Å². The van der Waals surface area contributed by atoms with Crippen molar-refractivity contribution in [3.63, 3.8) is 0 Å². The Labute approximate surface area is 426 Å². The van der Waals surface area contributed by atoms with Gasteiger partial charge in [0.25, 0.3) is 0 Å². The number of carbonyl (C=O) groups excluding carboxylic acids is 3.